The molecule has 0 aliphatic rings. The van der Waals surface area contributed by atoms with Crippen LogP contribution in [0.5, 0.6) is 0 Å². The smallest absolute Gasteiger partial charge is 0.150 e. The molecule has 0 unspecified atom stereocenters. The van der Waals surface area contributed by atoms with Crippen LogP contribution < -0.4 is 0 Å². The van der Waals surface area contributed by atoms with E-state index in [-0.39, 0.29) is 0 Å². The summed E-state index contributed by atoms with van der Waals surface area (Å²) in [5.41, 5.74) is 0. The van der Waals surface area contributed by atoms with Gasteiger partial charge in [0.1, 0.15) is 7.38 Å². The summed E-state index contributed by atoms with van der Waals surface area (Å²) in [6.45, 7) is 4.51. The van der Waals surface area contributed by atoms with Gasteiger partial charge in [0, 0.05) is 5.33 Å². The average Bonchev–Trinajstić information content (AvgIpc) is 2.29. The third-order valence-corrected chi connectivity index (χ3v) is 6.08. The molecule has 0 aromatic carbocycles. The van der Waals surface area contributed by atoms with Crippen molar-refractivity contribution in [2.24, 2.45) is 0 Å². The minimum atomic E-state index is -1.29. The van der Waals surface area contributed by atoms with E-state index in [2.05, 4.69) is 29.0 Å². The molecule has 3 heteroatoms. The van der Waals surface area contributed by atoms with Gasteiger partial charge >= 0.3 is 0 Å². The summed E-state index contributed by atoms with van der Waals surface area (Å²) in [5, 5.41) is 1.18. The fraction of sp³-hybridized carbons (Fsp3) is 1.00. The maximum atomic E-state index is 6.30. The Labute approximate surface area is 129 Å². The fourth-order valence-corrected chi connectivity index (χ4v) is 4.12. The molecule has 0 aromatic rings. The van der Waals surface area contributed by atoms with Gasteiger partial charge in [-0.2, -0.15) is 11.1 Å². The SMILES string of the molecule is C[Si](C)(Cl)CCCCCCCCCCCCCBr. The first-order valence-corrected chi connectivity index (χ1v) is 13.2. The highest BCUT2D eigenvalue weighted by Crippen LogP contribution is 2.19. The summed E-state index contributed by atoms with van der Waals surface area (Å²) >= 11 is 9.78. The quantitative estimate of drug-likeness (QED) is 0.143. The molecule has 0 aromatic heterocycles. The first kappa shape index (κ1) is 19.0. The highest BCUT2D eigenvalue weighted by atomic mass is 79.9. The Morgan fingerprint density at radius 2 is 1.00 bits per heavy atom. The van der Waals surface area contributed by atoms with Crippen LogP contribution >= 0.6 is 27.0 Å². The summed E-state index contributed by atoms with van der Waals surface area (Å²) in [7, 11) is -1.29. The van der Waals surface area contributed by atoms with E-state index in [0.717, 1.165) is 0 Å². The minimum Gasteiger partial charge on any atom is -0.168 e. The molecular weight excluding hydrogens is 324 g/mol. The molecule has 0 spiro atoms. The number of alkyl halides is 1. The Bertz CT molecular complexity index is 168. The molecule has 0 nitrogen and oxygen atoms in total. The second kappa shape index (κ2) is 13.0. The first-order valence-electron chi connectivity index (χ1n) is 7.81. The Kier molecular flexibility index (Phi) is 13.7. The van der Waals surface area contributed by atoms with Crippen LogP contribution in [0.2, 0.25) is 19.1 Å². The van der Waals surface area contributed by atoms with E-state index < -0.39 is 7.38 Å². The van der Waals surface area contributed by atoms with Crippen LogP contribution in [0, 0.1) is 0 Å². The van der Waals surface area contributed by atoms with Gasteiger partial charge in [0.05, 0.1) is 0 Å². The van der Waals surface area contributed by atoms with Crippen LogP contribution in [0.3, 0.4) is 0 Å². The monoisotopic (exact) mass is 354 g/mol. The van der Waals surface area contributed by atoms with Crippen molar-refractivity contribution in [3.05, 3.63) is 0 Å². The third-order valence-electron chi connectivity index (χ3n) is 3.40. The normalized spacial score (nSPS) is 12.0. The number of rotatable bonds is 13. The van der Waals surface area contributed by atoms with E-state index in [4.69, 9.17) is 11.1 Å². The van der Waals surface area contributed by atoms with E-state index in [1.807, 2.05) is 0 Å². The number of halogens is 2. The summed E-state index contributed by atoms with van der Waals surface area (Å²) in [4.78, 5) is 0. The molecule has 0 fully saturated rings. The third kappa shape index (κ3) is 17.0. The Morgan fingerprint density at radius 3 is 1.33 bits per heavy atom. The van der Waals surface area contributed by atoms with Crippen molar-refractivity contribution in [2.45, 2.75) is 89.8 Å². The van der Waals surface area contributed by atoms with Gasteiger partial charge in [-0.05, 0) is 12.5 Å². The highest BCUT2D eigenvalue weighted by Gasteiger charge is 2.15. The molecule has 0 atom stereocenters. The standard InChI is InChI=1S/C15H32BrClSi/c1-18(2,17)15-13-11-9-7-5-3-4-6-8-10-12-14-16/h3-15H2,1-2H3. The number of unbranched alkanes of at least 4 members (excludes halogenated alkanes) is 10. The van der Waals surface area contributed by atoms with Crippen molar-refractivity contribution in [1.29, 1.82) is 0 Å². The molecule has 0 rings (SSSR count). The lowest BCUT2D eigenvalue weighted by Gasteiger charge is -2.11. The predicted molar refractivity (Wildman–Crippen MR) is 92.7 cm³/mol. The highest BCUT2D eigenvalue weighted by molar-refractivity contribution is 9.09. The predicted octanol–water partition coefficient (Wildman–Crippen LogP) is 7.12. The van der Waals surface area contributed by atoms with Crippen molar-refractivity contribution in [1.82, 2.24) is 0 Å². The van der Waals surface area contributed by atoms with Crippen molar-refractivity contribution in [2.75, 3.05) is 5.33 Å². The van der Waals surface area contributed by atoms with Gasteiger partial charge < -0.3 is 0 Å². The Balaban J connectivity index is 2.99. The van der Waals surface area contributed by atoms with Crippen molar-refractivity contribution >= 4 is 34.4 Å². The number of hydrogen-bond acceptors (Lipinski definition) is 0. The van der Waals surface area contributed by atoms with Gasteiger partial charge in [0.15, 0.2) is 0 Å². The van der Waals surface area contributed by atoms with E-state index >= 15 is 0 Å². The largest absolute Gasteiger partial charge is 0.168 e. The molecule has 0 heterocycles. The molecule has 0 bridgehead atoms. The minimum absolute atomic E-state index is 1.18. The van der Waals surface area contributed by atoms with Gasteiger partial charge in [-0.25, -0.2) is 0 Å². The average molecular weight is 356 g/mol. The molecule has 0 amide bonds. The summed E-state index contributed by atoms with van der Waals surface area (Å²) in [5.74, 6) is 0. The zero-order valence-electron chi connectivity index (χ0n) is 12.4. The lowest BCUT2D eigenvalue weighted by molar-refractivity contribution is 0.555. The first-order chi connectivity index (χ1) is 8.56. The molecule has 110 valence electrons. The van der Waals surface area contributed by atoms with Crippen LogP contribution in [-0.4, -0.2) is 12.7 Å². The zero-order chi connectivity index (χ0) is 13.7. The second-order valence-corrected chi connectivity index (χ2v) is 13.8. The van der Waals surface area contributed by atoms with Crippen LogP contribution in [0.4, 0.5) is 0 Å². The van der Waals surface area contributed by atoms with Gasteiger partial charge in [-0.15, -0.1) is 0 Å². The van der Waals surface area contributed by atoms with E-state index in [1.165, 1.54) is 82.0 Å². The summed E-state index contributed by atoms with van der Waals surface area (Å²) < 4.78 is 0. The summed E-state index contributed by atoms with van der Waals surface area (Å²) in [6.07, 6.45) is 15.6. The molecule has 0 saturated carbocycles. The molecule has 0 radical (unpaired) electrons. The molecule has 0 aliphatic carbocycles. The summed E-state index contributed by atoms with van der Waals surface area (Å²) in [6, 6.07) is 1.29. The van der Waals surface area contributed by atoms with Gasteiger partial charge in [0.25, 0.3) is 0 Å². The topological polar surface area (TPSA) is 0 Å². The van der Waals surface area contributed by atoms with Crippen LogP contribution in [0.1, 0.15) is 70.6 Å². The van der Waals surface area contributed by atoms with Crippen molar-refractivity contribution in [3.8, 4) is 0 Å². The number of hydrogen-bond donors (Lipinski definition) is 0. The Hall–Kier alpha value is 0.987. The lowest BCUT2D eigenvalue weighted by Crippen LogP contribution is -2.14. The van der Waals surface area contributed by atoms with Crippen LogP contribution in [0.25, 0.3) is 0 Å². The molecule has 0 saturated heterocycles. The molecule has 0 N–H and O–H groups in total. The van der Waals surface area contributed by atoms with Gasteiger partial charge in [-0.3, -0.25) is 0 Å². The Morgan fingerprint density at radius 1 is 0.667 bits per heavy atom. The van der Waals surface area contributed by atoms with E-state index in [1.54, 1.807) is 0 Å². The maximum absolute atomic E-state index is 6.30. The van der Waals surface area contributed by atoms with Crippen molar-refractivity contribution < 1.29 is 0 Å². The van der Waals surface area contributed by atoms with Gasteiger partial charge in [-0.1, -0.05) is 93.2 Å². The van der Waals surface area contributed by atoms with Crippen LogP contribution in [0.15, 0.2) is 0 Å². The van der Waals surface area contributed by atoms with E-state index in [9.17, 15) is 0 Å². The fourth-order valence-electron chi connectivity index (χ4n) is 2.23. The lowest BCUT2D eigenvalue weighted by atomic mass is 10.1. The molecule has 18 heavy (non-hydrogen) atoms. The van der Waals surface area contributed by atoms with Crippen LogP contribution in [-0.2, 0) is 0 Å². The van der Waals surface area contributed by atoms with Gasteiger partial charge in [0.2, 0.25) is 0 Å². The van der Waals surface area contributed by atoms with E-state index in [0.29, 0.717) is 0 Å². The molecular formula is C15H32BrClSi. The van der Waals surface area contributed by atoms with Crippen molar-refractivity contribution in [3.63, 3.8) is 0 Å². The second-order valence-electron chi connectivity index (χ2n) is 6.05. The zero-order valence-corrected chi connectivity index (χ0v) is 15.8. The molecule has 0 aliphatic heterocycles. The maximum Gasteiger partial charge on any atom is 0.150 e.